The molecule has 2 aromatic carbocycles. The number of aliphatic hydroxyl groups excluding tert-OH is 1. The number of amides is 1. The Morgan fingerprint density at radius 2 is 1.83 bits per heavy atom. The predicted molar refractivity (Wildman–Crippen MR) is 107 cm³/mol. The first-order chi connectivity index (χ1) is 14.0. The third-order valence-electron chi connectivity index (χ3n) is 4.57. The van der Waals surface area contributed by atoms with Crippen LogP contribution in [0.1, 0.15) is 40.7 Å². The van der Waals surface area contributed by atoms with Crippen LogP contribution < -0.4 is 14.8 Å². The van der Waals surface area contributed by atoms with E-state index >= 15 is 0 Å². The number of nitrogens with zero attached hydrogens (tertiary/aromatic N) is 3. The molecule has 0 bridgehead atoms. The monoisotopic (exact) mass is 396 g/mol. The average molecular weight is 396 g/mol. The van der Waals surface area contributed by atoms with E-state index in [2.05, 4.69) is 15.6 Å². The van der Waals surface area contributed by atoms with Gasteiger partial charge in [-0.15, -0.1) is 5.10 Å². The van der Waals surface area contributed by atoms with Gasteiger partial charge in [-0.3, -0.25) is 4.79 Å². The molecule has 1 amide bonds. The van der Waals surface area contributed by atoms with Crippen molar-refractivity contribution in [2.75, 3.05) is 14.2 Å². The normalized spacial score (nSPS) is 12.8. The van der Waals surface area contributed by atoms with E-state index in [0.717, 1.165) is 11.1 Å². The first-order valence-electron chi connectivity index (χ1n) is 9.17. The van der Waals surface area contributed by atoms with Gasteiger partial charge in [0.05, 0.1) is 39.1 Å². The molecule has 2 atom stereocenters. The number of aromatic nitrogens is 3. The van der Waals surface area contributed by atoms with E-state index in [1.54, 1.807) is 20.3 Å². The lowest BCUT2D eigenvalue weighted by molar-refractivity contribution is 0.0934. The van der Waals surface area contributed by atoms with Crippen LogP contribution in [0, 0.1) is 0 Å². The first-order valence-corrected chi connectivity index (χ1v) is 9.17. The van der Waals surface area contributed by atoms with E-state index in [4.69, 9.17) is 9.47 Å². The summed E-state index contributed by atoms with van der Waals surface area (Å²) in [4.78, 5) is 12.5. The summed E-state index contributed by atoms with van der Waals surface area (Å²) in [5.74, 6) is 0.856. The third kappa shape index (κ3) is 4.91. The molecule has 152 valence electrons. The van der Waals surface area contributed by atoms with Crippen LogP contribution in [0.3, 0.4) is 0 Å². The van der Waals surface area contributed by atoms with Crippen LogP contribution in [0.4, 0.5) is 0 Å². The number of rotatable bonds is 8. The summed E-state index contributed by atoms with van der Waals surface area (Å²) in [6, 6.07) is 14.5. The SMILES string of the molecule is COc1ccc([C@@H](C)NC(=O)c2cn(C[C@@H](O)c3ccccc3)nn2)cc1OC. The number of carbonyl (C=O) groups is 1. The second-order valence-corrected chi connectivity index (χ2v) is 6.56. The molecule has 3 aromatic rings. The molecule has 0 radical (unpaired) electrons. The van der Waals surface area contributed by atoms with Gasteiger partial charge < -0.3 is 19.9 Å². The maximum Gasteiger partial charge on any atom is 0.273 e. The van der Waals surface area contributed by atoms with E-state index < -0.39 is 6.10 Å². The van der Waals surface area contributed by atoms with E-state index in [-0.39, 0.29) is 24.2 Å². The minimum atomic E-state index is -0.737. The molecule has 1 heterocycles. The van der Waals surface area contributed by atoms with Gasteiger partial charge >= 0.3 is 0 Å². The molecule has 0 unspecified atom stereocenters. The van der Waals surface area contributed by atoms with Crippen molar-refractivity contribution < 1.29 is 19.4 Å². The summed E-state index contributed by atoms with van der Waals surface area (Å²) in [6.45, 7) is 2.07. The molecule has 2 N–H and O–H groups in total. The molecule has 29 heavy (non-hydrogen) atoms. The van der Waals surface area contributed by atoms with Crippen LogP contribution >= 0.6 is 0 Å². The van der Waals surface area contributed by atoms with E-state index in [0.29, 0.717) is 11.5 Å². The van der Waals surface area contributed by atoms with Crippen molar-refractivity contribution in [3.05, 3.63) is 71.5 Å². The number of aliphatic hydroxyl groups is 1. The van der Waals surface area contributed by atoms with Gasteiger partial charge in [0, 0.05) is 0 Å². The Balaban J connectivity index is 1.64. The molecule has 0 saturated heterocycles. The Bertz CT molecular complexity index is 958. The predicted octanol–water partition coefficient (Wildman–Crippen LogP) is 2.52. The summed E-state index contributed by atoms with van der Waals surface area (Å²) in [6.07, 6.45) is 0.780. The number of carbonyl (C=O) groups excluding carboxylic acids is 1. The first kappa shape index (κ1) is 20.3. The lowest BCUT2D eigenvalue weighted by Crippen LogP contribution is -2.27. The quantitative estimate of drug-likeness (QED) is 0.607. The molecule has 8 heteroatoms. The number of methoxy groups -OCH3 is 2. The van der Waals surface area contributed by atoms with Crippen molar-refractivity contribution in [2.24, 2.45) is 0 Å². The zero-order valence-electron chi connectivity index (χ0n) is 16.6. The van der Waals surface area contributed by atoms with Gasteiger partial charge in [-0.2, -0.15) is 0 Å². The van der Waals surface area contributed by atoms with Gasteiger partial charge in [0.2, 0.25) is 0 Å². The van der Waals surface area contributed by atoms with Gasteiger partial charge in [0.25, 0.3) is 5.91 Å². The summed E-state index contributed by atoms with van der Waals surface area (Å²) in [5, 5.41) is 21.0. The second-order valence-electron chi connectivity index (χ2n) is 6.56. The van der Waals surface area contributed by atoms with Gasteiger partial charge in [0.1, 0.15) is 0 Å². The van der Waals surface area contributed by atoms with Crippen LogP contribution in [0.15, 0.2) is 54.7 Å². The summed E-state index contributed by atoms with van der Waals surface area (Å²) < 4.78 is 12.0. The fraction of sp³-hybridized carbons (Fsp3) is 0.286. The molecular formula is C21H24N4O4. The third-order valence-corrected chi connectivity index (χ3v) is 4.57. The Hall–Kier alpha value is -3.39. The highest BCUT2D eigenvalue weighted by molar-refractivity contribution is 5.92. The zero-order chi connectivity index (χ0) is 20.8. The van der Waals surface area contributed by atoms with Gasteiger partial charge in [0.15, 0.2) is 17.2 Å². The highest BCUT2D eigenvalue weighted by atomic mass is 16.5. The topological polar surface area (TPSA) is 98.5 Å². The number of hydrogen-bond donors (Lipinski definition) is 2. The van der Waals surface area contributed by atoms with Crippen LogP contribution in [-0.4, -0.2) is 40.2 Å². The van der Waals surface area contributed by atoms with Crippen LogP contribution in [-0.2, 0) is 6.54 Å². The number of hydrogen-bond acceptors (Lipinski definition) is 6. The van der Waals surface area contributed by atoms with Crippen molar-refractivity contribution in [3.63, 3.8) is 0 Å². The van der Waals surface area contributed by atoms with E-state index in [9.17, 15) is 9.90 Å². The van der Waals surface area contributed by atoms with Crippen LogP contribution in [0.25, 0.3) is 0 Å². The molecule has 0 saturated carbocycles. The average Bonchev–Trinajstić information content (AvgIpc) is 3.22. The van der Waals surface area contributed by atoms with Crippen molar-refractivity contribution in [2.45, 2.75) is 25.6 Å². The maximum absolute atomic E-state index is 12.5. The minimum Gasteiger partial charge on any atom is -0.493 e. The highest BCUT2D eigenvalue weighted by Crippen LogP contribution is 2.29. The molecule has 0 aliphatic heterocycles. The fourth-order valence-corrected chi connectivity index (χ4v) is 2.93. The summed E-state index contributed by atoms with van der Waals surface area (Å²) in [5.41, 5.74) is 1.82. The van der Waals surface area contributed by atoms with E-state index in [1.807, 2.05) is 49.4 Å². The van der Waals surface area contributed by atoms with E-state index in [1.165, 1.54) is 10.9 Å². The van der Waals surface area contributed by atoms with Gasteiger partial charge in [-0.25, -0.2) is 4.68 Å². The molecule has 0 aliphatic carbocycles. The van der Waals surface area contributed by atoms with Crippen molar-refractivity contribution >= 4 is 5.91 Å². The largest absolute Gasteiger partial charge is 0.493 e. The molecule has 3 rings (SSSR count). The molecule has 1 aromatic heterocycles. The van der Waals surface area contributed by atoms with Crippen molar-refractivity contribution in [1.82, 2.24) is 20.3 Å². The zero-order valence-corrected chi connectivity index (χ0v) is 16.6. The Kier molecular flexibility index (Phi) is 6.46. The second kappa shape index (κ2) is 9.20. The molecule has 8 nitrogen and oxygen atoms in total. The summed E-state index contributed by atoms with van der Waals surface area (Å²) >= 11 is 0. The standard InChI is InChI=1S/C21H24N4O4/c1-14(16-9-10-19(28-2)20(11-16)29-3)22-21(27)17-12-25(24-23-17)13-18(26)15-7-5-4-6-8-15/h4-12,14,18,26H,13H2,1-3H3,(H,22,27)/t14-,18-/m1/s1. The molecular weight excluding hydrogens is 372 g/mol. The lowest BCUT2D eigenvalue weighted by atomic mass is 10.1. The number of ether oxygens (including phenoxy) is 2. The number of nitrogens with one attached hydrogen (secondary N) is 1. The molecule has 0 spiro atoms. The van der Waals surface area contributed by atoms with Crippen LogP contribution in [0.5, 0.6) is 11.5 Å². The smallest absolute Gasteiger partial charge is 0.273 e. The Labute approximate surface area is 169 Å². The number of benzene rings is 2. The van der Waals surface area contributed by atoms with Crippen LogP contribution in [0.2, 0.25) is 0 Å². The summed E-state index contributed by atoms with van der Waals surface area (Å²) in [7, 11) is 3.13. The van der Waals surface area contributed by atoms with Crippen molar-refractivity contribution in [3.8, 4) is 11.5 Å². The maximum atomic E-state index is 12.5. The van der Waals surface area contributed by atoms with Gasteiger partial charge in [-0.1, -0.05) is 41.6 Å². The molecule has 0 fully saturated rings. The fourth-order valence-electron chi connectivity index (χ4n) is 2.93. The minimum absolute atomic E-state index is 0.178. The Morgan fingerprint density at radius 1 is 1.10 bits per heavy atom. The highest BCUT2D eigenvalue weighted by Gasteiger charge is 2.17. The van der Waals surface area contributed by atoms with Crippen molar-refractivity contribution in [1.29, 1.82) is 0 Å². The van der Waals surface area contributed by atoms with Gasteiger partial charge in [-0.05, 0) is 30.2 Å². The Morgan fingerprint density at radius 3 is 2.52 bits per heavy atom. The molecule has 0 aliphatic rings. The lowest BCUT2D eigenvalue weighted by Gasteiger charge is -2.16.